The van der Waals surface area contributed by atoms with E-state index in [-0.39, 0.29) is 17.7 Å². The van der Waals surface area contributed by atoms with Gasteiger partial charge >= 0.3 is 0 Å². The summed E-state index contributed by atoms with van der Waals surface area (Å²) in [6, 6.07) is 20.3. The topological polar surface area (TPSA) is 20.3 Å². The minimum Gasteiger partial charge on any atom is -0.367 e. The van der Waals surface area contributed by atoms with Crippen molar-refractivity contribution >= 4 is 11.5 Å². The zero-order valence-corrected chi connectivity index (χ0v) is 11.4. The van der Waals surface area contributed by atoms with E-state index in [1.807, 2.05) is 61.7 Å². The molecule has 2 aromatic carbocycles. The first kappa shape index (κ1) is 12.7. The molecule has 3 rings (SSSR count). The highest BCUT2D eigenvalue weighted by Crippen LogP contribution is 2.32. The predicted octanol–water partition coefficient (Wildman–Crippen LogP) is 3.41. The van der Waals surface area contributed by atoms with Crippen molar-refractivity contribution < 1.29 is 4.79 Å². The number of para-hydroxylation sites is 1. The van der Waals surface area contributed by atoms with Gasteiger partial charge in [0.05, 0.1) is 12.0 Å². The molecule has 1 aliphatic carbocycles. The smallest absolute Gasteiger partial charge is 0.165 e. The summed E-state index contributed by atoms with van der Waals surface area (Å²) in [7, 11) is 2.04. The van der Waals surface area contributed by atoms with Crippen molar-refractivity contribution in [2.24, 2.45) is 0 Å². The SMILES string of the molecule is CN(c1ccccc1)[C@H]1C=CC(=O)[C@@H]1c1ccccc1. The lowest BCUT2D eigenvalue weighted by molar-refractivity contribution is -0.115. The third-order valence-corrected chi connectivity index (χ3v) is 3.88. The number of nitrogens with zero attached hydrogens (tertiary/aromatic N) is 1. The molecule has 0 N–H and O–H groups in total. The Hall–Kier alpha value is -2.35. The minimum absolute atomic E-state index is 0.0762. The Kier molecular flexibility index (Phi) is 3.38. The Bertz CT molecular complexity index is 618. The lowest BCUT2D eigenvalue weighted by Gasteiger charge is -2.30. The van der Waals surface area contributed by atoms with Crippen molar-refractivity contribution in [3.63, 3.8) is 0 Å². The standard InChI is InChI=1S/C18H17NO/c1-19(15-10-6-3-7-11-15)16-12-13-17(20)18(16)14-8-4-2-5-9-14/h2-13,16,18H,1H3/t16-,18+/m0/s1. The molecular formula is C18H17NO. The number of likely N-dealkylation sites (N-methyl/N-ethyl adjacent to an activating group) is 1. The van der Waals surface area contributed by atoms with Crippen LogP contribution in [0.5, 0.6) is 0 Å². The van der Waals surface area contributed by atoms with Crippen LogP contribution in [-0.2, 0) is 4.79 Å². The van der Waals surface area contributed by atoms with Crippen LogP contribution in [-0.4, -0.2) is 18.9 Å². The van der Waals surface area contributed by atoms with Crippen molar-refractivity contribution in [2.45, 2.75) is 12.0 Å². The molecule has 0 saturated carbocycles. The highest BCUT2D eigenvalue weighted by molar-refractivity contribution is 5.99. The molecule has 2 heteroatoms. The summed E-state index contributed by atoms with van der Waals surface area (Å²) in [4.78, 5) is 14.4. The third kappa shape index (κ3) is 2.25. The molecule has 0 heterocycles. The molecule has 20 heavy (non-hydrogen) atoms. The second-order valence-corrected chi connectivity index (χ2v) is 5.09. The minimum atomic E-state index is -0.110. The van der Waals surface area contributed by atoms with Gasteiger partial charge < -0.3 is 4.90 Å². The van der Waals surface area contributed by atoms with Crippen LogP contribution >= 0.6 is 0 Å². The number of hydrogen-bond donors (Lipinski definition) is 0. The van der Waals surface area contributed by atoms with Crippen LogP contribution in [0.15, 0.2) is 72.8 Å². The van der Waals surface area contributed by atoms with Crippen LogP contribution < -0.4 is 4.90 Å². The van der Waals surface area contributed by atoms with E-state index >= 15 is 0 Å². The lowest BCUT2D eigenvalue weighted by Crippen LogP contribution is -2.35. The first-order valence-corrected chi connectivity index (χ1v) is 6.82. The van der Waals surface area contributed by atoms with Gasteiger partial charge in [0.25, 0.3) is 0 Å². The Balaban J connectivity index is 1.92. The fraction of sp³-hybridized carbons (Fsp3) is 0.167. The number of allylic oxidation sites excluding steroid dienone is 1. The monoisotopic (exact) mass is 263 g/mol. The molecule has 0 bridgehead atoms. The highest BCUT2D eigenvalue weighted by atomic mass is 16.1. The first-order valence-electron chi connectivity index (χ1n) is 6.82. The molecule has 100 valence electrons. The number of carbonyl (C=O) groups excluding carboxylic acids is 1. The maximum atomic E-state index is 12.2. The summed E-state index contributed by atoms with van der Waals surface area (Å²) in [5, 5.41) is 0. The number of hydrogen-bond acceptors (Lipinski definition) is 2. The molecule has 0 fully saturated rings. The van der Waals surface area contributed by atoms with Crippen LogP contribution in [0.25, 0.3) is 0 Å². The number of rotatable bonds is 3. The van der Waals surface area contributed by atoms with Crippen molar-refractivity contribution in [2.75, 3.05) is 11.9 Å². The van der Waals surface area contributed by atoms with E-state index in [4.69, 9.17) is 0 Å². The summed E-state index contributed by atoms with van der Waals surface area (Å²) in [6.07, 6.45) is 3.72. The highest BCUT2D eigenvalue weighted by Gasteiger charge is 2.34. The van der Waals surface area contributed by atoms with E-state index < -0.39 is 0 Å². The number of benzene rings is 2. The number of carbonyl (C=O) groups is 1. The van der Waals surface area contributed by atoms with E-state index in [0.717, 1.165) is 11.3 Å². The number of ketones is 1. The van der Waals surface area contributed by atoms with E-state index in [9.17, 15) is 4.79 Å². The second-order valence-electron chi connectivity index (χ2n) is 5.09. The quantitative estimate of drug-likeness (QED) is 0.845. The molecule has 0 saturated heterocycles. The summed E-state index contributed by atoms with van der Waals surface area (Å²) >= 11 is 0. The number of anilines is 1. The summed E-state index contributed by atoms with van der Waals surface area (Å²) < 4.78 is 0. The van der Waals surface area contributed by atoms with Gasteiger partial charge in [-0.2, -0.15) is 0 Å². The molecule has 2 nitrogen and oxygen atoms in total. The fourth-order valence-corrected chi connectivity index (χ4v) is 2.79. The molecule has 1 aliphatic rings. The van der Waals surface area contributed by atoms with Gasteiger partial charge in [0.2, 0.25) is 0 Å². The molecule has 0 unspecified atom stereocenters. The van der Waals surface area contributed by atoms with Crippen LogP contribution in [0.4, 0.5) is 5.69 Å². The van der Waals surface area contributed by atoms with Crippen LogP contribution in [0.3, 0.4) is 0 Å². The van der Waals surface area contributed by atoms with Gasteiger partial charge in [-0.25, -0.2) is 0 Å². The van der Waals surface area contributed by atoms with Gasteiger partial charge in [-0.3, -0.25) is 4.79 Å². The van der Waals surface area contributed by atoms with Crippen molar-refractivity contribution in [1.82, 2.24) is 0 Å². The Morgan fingerprint density at radius 2 is 1.50 bits per heavy atom. The Labute approximate surface area is 119 Å². The fourth-order valence-electron chi connectivity index (χ4n) is 2.79. The van der Waals surface area contributed by atoms with Gasteiger partial charge in [-0.1, -0.05) is 54.6 Å². The Morgan fingerprint density at radius 1 is 0.900 bits per heavy atom. The van der Waals surface area contributed by atoms with Crippen molar-refractivity contribution in [3.8, 4) is 0 Å². The first-order chi connectivity index (χ1) is 9.77. The van der Waals surface area contributed by atoms with Crippen LogP contribution in [0.1, 0.15) is 11.5 Å². The normalized spacial score (nSPS) is 21.1. The summed E-state index contributed by atoms with van der Waals surface area (Å²) in [5.41, 5.74) is 2.20. The second kappa shape index (κ2) is 5.33. The zero-order chi connectivity index (χ0) is 13.9. The third-order valence-electron chi connectivity index (χ3n) is 3.88. The van der Waals surface area contributed by atoms with Gasteiger partial charge in [0, 0.05) is 12.7 Å². The maximum absolute atomic E-state index is 12.2. The van der Waals surface area contributed by atoms with Crippen LogP contribution in [0, 0.1) is 0 Å². The van der Waals surface area contributed by atoms with E-state index in [1.165, 1.54) is 0 Å². The van der Waals surface area contributed by atoms with Crippen molar-refractivity contribution in [3.05, 3.63) is 78.4 Å². The average Bonchev–Trinajstić information content (AvgIpc) is 2.90. The molecule has 0 spiro atoms. The van der Waals surface area contributed by atoms with Crippen molar-refractivity contribution in [1.29, 1.82) is 0 Å². The lowest BCUT2D eigenvalue weighted by atomic mass is 9.91. The van der Waals surface area contributed by atoms with Gasteiger partial charge in [0.15, 0.2) is 5.78 Å². The van der Waals surface area contributed by atoms with Gasteiger partial charge in [-0.15, -0.1) is 0 Å². The molecule has 2 aromatic rings. The molecule has 2 atom stereocenters. The average molecular weight is 263 g/mol. The van der Waals surface area contributed by atoms with Crippen LogP contribution in [0.2, 0.25) is 0 Å². The Morgan fingerprint density at radius 3 is 2.15 bits per heavy atom. The van der Waals surface area contributed by atoms with E-state index in [1.54, 1.807) is 6.08 Å². The van der Waals surface area contributed by atoms with E-state index in [0.29, 0.717) is 0 Å². The molecular weight excluding hydrogens is 246 g/mol. The van der Waals surface area contributed by atoms with Gasteiger partial charge in [0.1, 0.15) is 0 Å². The van der Waals surface area contributed by atoms with E-state index in [2.05, 4.69) is 17.0 Å². The maximum Gasteiger partial charge on any atom is 0.165 e. The molecule has 0 aromatic heterocycles. The summed E-state index contributed by atoms with van der Waals surface area (Å²) in [5.74, 6) is 0.0744. The predicted molar refractivity (Wildman–Crippen MR) is 82.0 cm³/mol. The molecule has 0 aliphatic heterocycles. The summed E-state index contributed by atoms with van der Waals surface area (Å²) in [6.45, 7) is 0. The largest absolute Gasteiger partial charge is 0.367 e. The van der Waals surface area contributed by atoms with Gasteiger partial charge in [-0.05, 0) is 23.8 Å². The molecule has 0 radical (unpaired) electrons. The molecule has 0 amide bonds. The zero-order valence-electron chi connectivity index (χ0n) is 11.4.